The van der Waals surface area contributed by atoms with Crippen molar-refractivity contribution in [1.82, 2.24) is 21.3 Å². The summed E-state index contributed by atoms with van der Waals surface area (Å²) >= 11 is 0. The molecule has 0 aliphatic carbocycles. The van der Waals surface area contributed by atoms with Crippen LogP contribution >= 0.6 is 0 Å². The monoisotopic (exact) mass is 1400 g/mol. The molecule has 0 heterocycles. The van der Waals surface area contributed by atoms with Gasteiger partial charge in [-0.15, -0.1) is 0 Å². The topological polar surface area (TPSA) is 496 Å². The summed E-state index contributed by atoms with van der Waals surface area (Å²) in [4.78, 5) is 61.8. The summed E-state index contributed by atoms with van der Waals surface area (Å²) in [5, 5.41) is 24.7. The molecule has 40 nitrogen and oxygen atoms in total. The summed E-state index contributed by atoms with van der Waals surface area (Å²) in [5.74, 6) is -1.14. The minimum absolute atomic E-state index is 0.0000943. The number of azide groups is 4. The van der Waals surface area contributed by atoms with Gasteiger partial charge in [0, 0.05) is 97.7 Å². The molecule has 0 aliphatic heterocycles. The highest BCUT2D eigenvalue weighted by molar-refractivity contribution is 5.77. The Morgan fingerprint density at radius 3 is 0.557 bits per heavy atom. The third-order valence-electron chi connectivity index (χ3n) is 11.9. The minimum Gasteiger partial charge on any atom is -0.380 e. The predicted octanol–water partition coefficient (Wildman–Crippen LogP) is 1.57. The predicted molar refractivity (Wildman–Crippen MR) is 345 cm³/mol. The molecule has 0 bridgehead atoms. The van der Waals surface area contributed by atoms with Crippen molar-refractivity contribution >= 4 is 23.6 Å². The molecule has 0 unspecified atom stereocenters. The maximum atomic E-state index is 12.8. The van der Waals surface area contributed by atoms with Gasteiger partial charge in [0.15, 0.2) is 0 Å². The maximum Gasteiger partial charge on any atom is 0.222 e. The Hall–Kier alpha value is -5.68. The van der Waals surface area contributed by atoms with Gasteiger partial charge in [0.2, 0.25) is 23.6 Å². The average Bonchev–Trinajstić information content (AvgIpc) is 1.17. The molecule has 4 amide bonds. The first-order chi connectivity index (χ1) is 47.8. The van der Waals surface area contributed by atoms with E-state index in [1.807, 2.05) is 0 Å². The lowest BCUT2D eigenvalue weighted by Gasteiger charge is -2.33. The Balaban J connectivity index is 5.19. The van der Waals surface area contributed by atoms with Crippen LogP contribution in [0.5, 0.6) is 0 Å². The number of nitrogens with zero attached hydrogens (tertiary/aromatic N) is 12. The van der Waals surface area contributed by atoms with Crippen LogP contribution in [0.25, 0.3) is 41.8 Å². The van der Waals surface area contributed by atoms with Gasteiger partial charge in [-0.3, -0.25) is 19.2 Å². The highest BCUT2D eigenvalue weighted by atomic mass is 16.6. The van der Waals surface area contributed by atoms with Gasteiger partial charge in [-0.2, -0.15) is 0 Å². The van der Waals surface area contributed by atoms with Gasteiger partial charge >= 0.3 is 0 Å². The zero-order chi connectivity index (χ0) is 70.2. The molecule has 0 aliphatic rings. The summed E-state index contributed by atoms with van der Waals surface area (Å²) in [5.41, 5.74) is 32.2. The molecule has 0 saturated heterocycles. The van der Waals surface area contributed by atoms with Gasteiger partial charge in [-0.1, -0.05) is 20.5 Å². The summed E-state index contributed by atoms with van der Waals surface area (Å²) in [7, 11) is 0. The fraction of sp³-hybridized carbons (Fsp3) is 0.930. The lowest BCUT2D eigenvalue weighted by atomic mass is 9.92. The number of amides is 4. The van der Waals surface area contributed by atoms with E-state index in [1.54, 1.807) is 0 Å². The van der Waals surface area contributed by atoms with E-state index in [0.29, 0.717) is 178 Å². The van der Waals surface area contributed by atoms with Crippen LogP contribution in [0, 0.1) is 5.41 Å². The molecule has 560 valence electrons. The van der Waals surface area contributed by atoms with Crippen LogP contribution in [0.3, 0.4) is 0 Å². The Labute approximate surface area is 567 Å². The summed E-state index contributed by atoms with van der Waals surface area (Å²) < 4.78 is 111. The van der Waals surface area contributed by atoms with E-state index in [4.69, 9.17) is 117 Å². The first-order valence-corrected chi connectivity index (χ1v) is 32.5. The molecule has 0 aromatic carbocycles. The van der Waals surface area contributed by atoms with Gasteiger partial charge in [-0.25, -0.2) is 0 Å². The zero-order valence-corrected chi connectivity index (χ0v) is 56.4. The molecule has 0 aromatic rings. The van der Waals surface area contributed by atoms with E-state index < -0.39 is 5.41 Å². The van der Waals surface area contributed by atoms with Crippen LogP contribution in [-0.2, 0) is 114 Å². The van der Waals surface area contributed by atoms with E-state index in [2.05, 4.69) is 61.4 Å². The highest BCUT2D eigenvalue weighted by Gasteiger charge is 2.33. The summed E-state index contributed by atoms with van der Waals surface area (Å²) in [6, 6.07) is 0. The Kier molecular flexibility index (Phi) is 73.1. The van der Waals surface area contributed by atoms with Gasteiger partial charge in [0.05, 0.1) is 270 Å². The second kappa shape index (κ2) is 77.7. The largest absolute Gasteiger partial charge is 0.380 e. The molecule has 0 spiro atoms. The highest BCUT2D eigenvalue weighted by Crippen LogP contribution is 2.22. The average molecular weight is 1400 g/mol. The quantitative estimate of drug-likeness (QED) is 0.0290. The number of hydrogen-bond donors (Lipinski definition) is 4. The molecule has 0 radical (unpaired) electrons. The van der Waals surface area contributed by atoms with E-state index in [1.165, 1.54) is 0 Å². The van der Waals surface area contributed by atoms with Crippen molar-refractivity contribution < 1.29 is 114 Å². The Bertz CT molecular complexity index is 1860. The van der Waals surface area contributed by atoms with Crippen LogP contribution in [0.4, 0.5) is 0 Å². The Morgan fingerprint density at radius 2 is 0.381 bits per heavy atom. The first kappa shape index (κ1) is 91.3. The van der Waals surface area contributed by atoms with Gasteiger partial charge < -0.3 is 116 Å². The van der Waals surface area contributed by atoms with Gasteiger partial charge in [-0.05, 0) is 22.1 Å². The summed E-state index contributed by atoms with van der Waals surface area (Å²) in [6.45, 7) is 12.9. The molecule has 0 rings (SSSR count). The Morgan fingerprint density at radius 1 is 0.227 bits per heavy atom. The zero-order valence-electron chi connectivity index (χ0n) is 56.4. The van der Waals surface area contributed by atoms with E-state index in [-0.39, 0.29) is 188 Å². The van der Waals surface area contributed by atoms with Crippen LogP contribution in [0.2, 0.25) is 0 Å². The number of rotatable bonds is 80. The normalized spacial score (nSPS) is 11.6. The number of carbonyl (C=O) groups excluding carboxylic acids is 4. The standard InChI is InChI=1S/C57H108N16O24/c58-70-66-9-21-78-17-5-62-53(74)1-13-94-49-57(50-95-14-2-54(75)63-6-18-79-25-31-85-37-43-91-46-40-88-34-28-82-22-10-67-71-59,51-96-15-3-55(76)64-7-19-80-26-32-86-38-44-92-47-41-89-35-29-83-23-11-68-72-60)52-97-16-4-56(77)65-8-20-81-27-33-87-39-45-93-48-42-90-36-30-84-24-12-69-73-61/h1-52H2,(H,62,74)(H,63,75)(H,64,76)(H,65,77). The second-order valence-corrected chi connectivity index (χ2v) is 19.7. The smallest absolute Gasteiger partial charge is 0.222 e. The molecule has 0 aromatic heterocycles. The van der Waals surface area contributed by atoms with Gasteiger partial charge in [0.25, 0.3) is 0 Å². The minimum atomic E-state index is -1.05. The van der Waals surface area contributed by atoms with Crippen molar-refractivity contribution in [2.24, 2.45) is 25.9 Å². The lowest BCUT2D eigenvalue weighted by molar-refractivity contribution is -0.129. The number of carbonyl (C=O) groups is 4. The van der Waals surface area contributed by atoms with Crippen molar-refractivity contribution in [2.75, 3.05) is 317 Å². The fourth-order valence-electron chi connectivity index (χ4n) is 7.12. The van der Waals surface area contributed by atoms with Crippen LogP contribution in [0.1, 0.15) is 25.7 Å². The van der Waals surface area contributed by atoms with Gasteiger partial charge in [0.1, 0.15) is 0 Å². The van der Waals surface area contributed by atoms with Crippen molar-refractivity contribution in [3.63, 3.8) is 0 Å². The molecule has 97 heavy (non-hydrogen) atoms. The third kappa shape index (κ3) is 72.9. The van der Waals surface area contributed by atoms with Crippen LogP contribution < -0.4 is 21.3 Å². The second-order valence-electron chi connectivity index (χ2n) is 19.7. The number of nitrogens with one attached hydrogen (secondary N) is 4. The van der Waals surface area contributed by atoms with Crippen molar-refractivity contribution in [3.8, 4) is 0 Å². The van der Waals surface area contributed by atoms with E-state index in [0.717, 1.165) is 0 Å². The molecule has 0 saturated carbocycles. The summed E-state index contributed by atoms with van der Waals surface area (Å²) in [6.07, 6.45) is 0.0118. The lowest BCUT2D eigenvalue weighted by Crippen LogP contribution is -2.43. The molecular weight excluding hydrogens is 1290 g/mol. The molecule has 0 atom stereocenters. The molecule has 4 N–H and O–H groups in total. The molecule has 0 fully saturated rings. The number of ether oxygens (including phenoxy) is 20. The van der Waals surface area contributed by atoms with E-state index >= 15 is 0 Å². The van der Waals surface area contributed by atoms with E-state index in [9.17, 15) is 19.2 Å². The number of hydrogen-bond acceptors (Lipinski definition) is 28. The fourth-order valence-corrected chi connectivity index (χ4v) is 7.12. The SMILES string of the molecule is [N-]=[N+]=NCCOCCNC(=O)CCOCC(COCCC(=O)NCCOCCOCCOCCOCCOCCN=[N+]=[N-])(COCCC(=O)NCCOCCOCCOCCOCCOCCN=[N+]=[N-])COCCC(=O)NCCOCCOCCOCCOCCOCCN=[N+]=[N-]. The molecular formula is C57H108N16O24. The van der Waals surface area contributed by atoms with Crippen molar-refractivity contribution in [2.45, 2.75) is 25.7 Å². The molecule has 40 heteroatoms. The van der Waals surface area contributed by atoms with Crippen molar-refractivity contribution in [1.29, 1.82) is 0 Å². The maximum absolute atomic E-state index is 12.8. The van der Waals surface area contributed by atoms with Crippen molar-refractivity contribution in [3.05, 3.63) is 41.8 Å². The first-order valence-electron chi connectivity index (χ1n) is 32.5. The van der Waals surface area contributed by atoms with Crippen LogP contribution in [-0.4, -0.2) is 340 Å². The third-order valence-corrected chi connectivity index (χ3v) is 11.9. The van der Waals surface area contributed by atoms with Crippen LogP contribution in [0.15, 0.2) is 20.5 Å².